The lowest BCUT2D eigenvalue weighted by Gasteiger charge is -2.16. The molecule has 0 saturated heterocycles. The molecule has 2 N–H and O–H groups in total. The van der Waals surface area contributed by atoms with Gasteiger partial charge in [-0.05, 0) is 55.0 Å². The first-order valence-corrected chi connectivity index (χ1v) is 11.5. The van der Waals surface area contributed by atoms with E-state index in [1.54, 1.807) is 0 Å². The van der Waals surface area contributed by atoms with Crippen LogP contribution in [0.25, 0.3) is 0 Å². The Balaban J connectivity index is 2.03. The van der Waals surface area contributed by atoms with Crippen molar-refractivity contribution in [3.63, 3.8) is 0 Å². The Kier molecular flexibility index (Phi) is 6.79. The van der Waals surface area contributed by atoms with Crippen LogP contribution in [0.1, 0.15) is 27.2 Å². The number of nitrogens with one attached hydrogen (secondary N) is 2. The van der Waals surface area contributed by atoms with Crippen molar-refractivity contribution >= 4 is 21.3 Å². The second-order valence-corrected chi connectivity index (χ2v) is 9.46. The number of benzene rings is 2. The maximum atomic E-state index is 13.4. The number of carbonyl (C=O) groups is 1. The highest BCUT2D eigenvalue weighted by Gasteiger charge is 2.38. The number of nitrogens with zero attached hydrogens (tertiary/aromatic N) is 2. The molecule has 3 aromatic rings. The monoisotopic (exact) mass is 518 g/mol. The number of carbonyl (C=O) groups excluding carboxylic acids is 1. The van der Waals surface area contributed by atoms with Gasteiger partial charge in [-0.25, -0.2) is 8.99 Å². The van der Waals surface area contributed by atoms with Gasteiger partial charge in [-0.1, -0.05) is 6.07 Å². The fourth-order valence-corrected chi connectivity index (χ4v) is 3.63. The van der Waals surface area contributed by atoms with Crippen LogP contribution in [0.4, 0.5) is 32.0 Å². The second-order valence-electron chi connectivity index (χ2n) is 7.30. The molecule has 186 valence electrons. The van der Waals surface area contributed by atoms with Gasteiger partial charge in [-0.3, -0.25) is 4.79 Å². The highest BCUT2D eigenvalue weighted by Crippen LogP contribution is 2.36. The predicted octanol–water partition coefficient (Wildman–Crippen LogP) is 5.90. The van der Waals surface area contributed by atoms with E-state index in [9.17, 15) is 35.3 Å². The van der Waals surface area contributed by atoms with Crippen molar-refractivity contribution in [1.29, 1.82) is 4.78 Å². The number of hydrogen-bond donors (Lipinski definition) is 2. The highest BCUT2D eigenvalue weighted by molar-refractivity contribution is 7.91. The van der Waals surface area contributed by atoms with Crippen LogP contribution in [0.2, 0.25) is 0 Å². The molecule has 0 fully saturated rings. The number of alkyl halides is 6. The predicted molar refractivity (Wildman–Crippen MR) is 113 cm³/mol. The minimum absolute atomic E-state index is 0.0274. The van der Waals surface area contributed by atoms with Crippen molar-refractivity contribution in [3.8, 4) is 11.6 Å². The number of amides is 1. The van der Waals surface area contributed by atoms with Crippen molar-refractivity contribution < 1.29 is 40.1 Å². The maximum Gasteiger partial charge on any atom is 0.435 e. The first-order valence-electron chi connectivity index (χ1n) is 9.52. The van der Waals surface area contributed by atoms with Crippen LogP contribution in [-0.4, -0.2) is 26.6 Å². The van der Waals surface area contributed by atoms with Crippen molar-refractivity contribution in [2.45, 2.75) is 24.2 Å². The van der Waals surface area contributed by atoms with E-state index in [-0.39, 0.29) is 16.3 Å². The Hall–Kier alpha value is -3.68. The zero-order valence-electron chi connectivity index (χ0n) is 17.9. The van der Waals surface area contributed by atoms with E-state index in [1.807, 2.05) is 0 Å². The van der Waals surface area contributed by atoms with Gasteiger partial charge >= 0.3 is 12.4 Å². The Labute approximate surface area is 195 Å². The Morgan fingerprint density at radius 3 is 2.17 bits per heavy atom. The van der Waals surface area contributed by atoms with Crippen molar-refractivity contribution in [2.24, 2.45) is 0 Å². The van der Waals surface area contributed by atoms with Crippen molar-refractivity contribution in [3.05, 3.63) is 70.9 Å². The van der Waals surface area contributed by atoms with E-state index in [0.29, 0.717) is 12.1 Å². The van der Waals surface area contributed by atoms with Gasteiger partial charge in [0.1, 0.15) is 11.3 Å². The summed E-state index contributed by atoms with van der Waals surface area (Å²) < 4.78 is 103. The number of rotatable bonds is 5. The first-order chi connectivity index (χ1) is 16.1. The summed E-state index contributed by atoms with van der Waals surface area (Å²) in [6.07, 6.45) is -8.43. The molecular formula is C21H16F6N4O3S. The van der Waals surface area contributed by atoms with Crippen molar-refractivity contribution in [1.82, 2.24) is 10.2 Å². The number of hydrogen-bond acceptors (Lipinski definition) is 6. The Morgan fingerprint density at radius 2 is 1.63 bits per heavy atom. The molecule has 35 heavy (non-hydrogen) atoms. The van der Waals surface area contributed by atoms with E-state index >= 15 is 0 Å². The standard InChI is InChI=1S/C21H16F6N4O3S/c1-11-16(18(32)29-13-4-3-5-15(10-13)35(2,28)33)19(31-30-17(11)21(25,26)27)34-14-8-6-12(7-9-14)20(22,23)24/h3-10,28H,1-2H3,(H,29,32). The van der Waals surface area contributed by atoms with E-state index in [4.69, 9.17) is 9.52 Å². The lowest BCUT2D eigenvalue weighted by Crippen LogP contribution is -2.21. The summed E-state index contributed by atoms with van der Waals surface area (Å²) in [4.78, 5) is 13.0. The summed E-state index contributed by atoms with van der Waals surface area (Å²) in [6, 6.07) is 8.55. The molecule has 1 amide bonds. The SMILES string of the molecule is Cc1c(C(F)(F)F)nnc(Oc2ccc(C(F)(F)F)cc2)c1C(=O)Nc1cccc(S(C)(=N)=O)c1. The minimum Gasteiger partial charge on any atom is -0.437 e. The van der Waals surface area contributed by atoms with Crippen molar-refractivity contribution in [2.75, 3.05) is 11.6 Å². The molecule has 1 unspecified atom stereocenters. The molecule has 1 heterocycles. The second kappa shape index (κ2) is 9.17. The Bertz CT molecular complexity index is 1370. The molecule has 1 aromatic heterocycles. The summed E-state index contributed by atoms with van der Waals surface area (Å²) in [7, 11) is -3.15. The molecule has 0 spiro atoms. The van der Waals surface area contributed by atoms with Gasteiger partial charge < -0.3 is 10.1 Å². The molecular weight excluding hydrogens is 502 g/mol. The van der Waals surface area contributed by atoms with Gasteiger partial charge in [0.25, 0.3) is 11.8 Å². The van der Waals surface area contributed by atoms with E-state index < -0.39 is 56.3 Å². The molecule has 0 aliphatic heterocycles. The number of halogens is 6. The van der Waals surface area contributed by atoms with Crippen LogP contribution in [0.5, 0.6) is 11.6 Å². The molecule has 2 aromatic carbocycles. The molecule has 0 aliphatic carbocycles. The quantitative estimate of drug-likeness (QED) is 0.409. The molecule has 0 bridgehead atoms. The normalized spacial score (nSPS) is 13.7. The molecule has 7 nitrogen and oxygen atoms in total. The fourth-order valence-electron chi connectivity index (χ4n) is 2.94. The number of aromatic nitrogens is 2. The van der Waals surface area contributed by atoms with E-state index in [0.717, 1.165) is 25.3 Å². The molecule has 3 rings (SSSR count). The molecule has 1 atom stereocenters. The zero-order valence-corrected chi connectivity index (χ0v) is 18.7. The topological polar surface area (TPSA) is 105 Å². The average molecular weight is 518 g/mol. The average Bonchev–Trinajstić information content (AvgIpc) is 2.72. The largest absolute Gasteiger partial charge is 0.437 e. The molecule has 0 saturated carbocycles. The van der Waals surface area contributed by atoms with Crippen LogP contribution in [0, 0.1) is 11.7 Å². The lowest BCUT2D eigenvalue weighted by atomic mass is 10.1. The minimum atomic E-state index is -4.96. The van der Waals surface area contributed by atoms with Crippen LogP contribution in [0.15, 0.2) is 53.4 Å². The van der Waals surface area contributed by atoms with Gasteiger partial charge in [0.05, 0.1) is 15.3 Å². The summed E-state index contributed by atoms with van der Waals surface area (Å²) in [5.41, 5.74) is -3.72. The van der Waals surface area contributed by atoms with Crippen LogP contribution in [-0.2, 0) is 22.1 Å². The molecule has 0 aliphatic rings. The van der Waals surface area contributed by atoms with E-state index in [2.05, 4.69) is 15.5 Å². The molecule has 0 radical (unpaired) electrons. The third-order valence-corrected chi connectivity index (χ3v) is 5.77. The Morgan fingerprint density at radius 1 is 1.00 bits per heavy atom. The summed E-state index contributed by atoms with van der Waals surface area (Å²) >= 11 is 0. The van der Waals surface area contributed by atoms with E-state index in [1.165, 1.54) is 24.3 Å². The number of anilines is 1. The van der Waals surface area contributed by atoms with Gasteiger partial charge in [0.2, 0.25) is 0 Å². The van der Waals surface area contributed by atoms with Gasteiger partial charge in [-0.2, -0.15) is 26.3 Å². The summed E-state index contributed by atoms with van der Waals surface area (Å²) in [5, 5.41) is 8.75. The van der Waals surface area contributed by atoms with Gasteiger partial charge in [0.15, 0.2) is 5.69 Å². The number of ether oxygens (including phenoxy) is 1. The third-order valence-electron chi connectivity index (χ3n) is 4.62. The first kappa shape index (κ1) is 25.9. The summed E-state index contributed by atoms with van der Waals surface area (Å²) in [6.45, 7) is 0.963. The smallest absolute Gasteiger partial charge is 0.435 e. The lowest BCUT2D eigenvalue weighted by molar-refractivity contribution is -0.142. The van der Waals surface area contributed by atoms with Gasteiger partial charge in [-0.15, -0.1) is 10.2 Å². The van der Waals surface area contributed by atoms with Crippen LogP contribution >= 0.6 is 0 Å². The maximum absolute atomic E-state index is 13.4. The van der Waals surface area contributed by atoms with Crippen LogP contribution in [0.3, 0.4) is 0 Å². The fraction of sp³-hybridized carbons (Fsp3) is 0.190. The summed E-state index contributed by atoms with van der Waals surface area (Å²) in [5.74, 6) is -2.01. The molecule has 14 heteroatoms. The zero-order chi connectivity index (χ0) is 26.2. The third kappa shape index (κ3) is 6.07. The highest BCUT2D eigenvalue weighted by atomic mass is 32.2. The van der Waals surface area contributed by atoms with Gasteiger partial charge in [0, 0.05) is 16.8 Å². The van der Waals surface area contributed by atoms with Crippen LogP contribution < -0.4 is 10.1 Å².